The van der Waals surface area contributed by atoms with Gasteiger partial charge in [-0.15, -0.1) is 11.3 Å². The maximum absolute atomic E-state index is 12.4. The van der Waals surface area contributed by atoms with Crippen LogP contribution in [0, 0.1) is 0 Å². The molecule has 142 valence electrons. The summed E-state index contributed by atoms with van der Waals surface area (Å²) < 4.78 is 33.4. The molecule has 0 spiro atoms. The summed E-state index contributed by atoms with van der Waals surface area (Å²) in [6.45, 7) is -0.436. The van der Waals surface area contributed by atoms with E-state index in [0.29, 0.717) is 11.3 Å². The van der Waals surface area contributed by atoms with E-state index in [0.717, 1.165) is 10.1 Å². The molecule has 0 bridgehead atoms. The molecule has 1 amide bonds. The number of nitrogens with two attached hydrogens (primary N) is 1. The van der Waals surface area contributed by atoms with Crippen LogP contribution in [-0.4, -0.2) is 32.6 Å². The van der Waals surface area contributed by atoms with E-state index < -0.39 is 22.0 Å². The van der Waals surface area contributed by atoms with Crippen molar-refractivity contribution in [1.82, 2.24) is 4.72 Å². The van der Waals surface area contributed by atoms with Gasteiger partial charge in [-0.05, 0) is 41.1 Å². The average Bonchev–Trinajstić information content (AvgIpc) is 3.09. The summed E-state index contributed by atoms with van der Waals surface area (Å²) in [7, 11) is -3.80. The largest absolute Gasteiger partial charge is 0.484 e. The standard InChI is InChI=1S/C18H18N2O5S2/c19-18(22)10-25-12-5-7-13(8-6-12)27(23,24)20-9-16(21)15-11-26-17-4-2-1-3-14(15)17/h1-8,11,16,20-21H,9-10H2,(H2,19,22)/t16-/m1/s1. The number of benzene rings is 2. The van der Waals surface area contributed by atoms with E-state index in [4.69, 9.17) is 10.5 Å². The Morgan fingerprint density at radius 2 is 1.89 bits per heavy atom. The van der Waals surface area contributed by atoms with Gasteiger partial charge in [-0.2, -0.15) is 0 Å². The number of primary amides is 1. The van der Waals surface area contributed by atoms with Crippen LogP contribution in [0.2, 0.25) is 0 Å². The second kappa shape index (κ2) is 8.05. The van der Waals surface area contributed by atoms with E-state index in [1.807, 2.05) is 29.6 Å². The number of sulfonamides is 1. The zero-order chi connectivity index (χ0) is 19.4. The minimum atomic E-state index is -3.80. The Labute approximate surface area is 160 Å². The summed E-state index contributed by atoms with van der Waals surface area (Å²) in [5.74, 6) is -0.291. The highest BCUT2D eigenvalue weighted by Gasteiger charge is 2.19. The van der Waals surface area contributed by atoms with Gasteiger partial charge in [0.1, 0.15) is 5.75 Å². The molecule has 0 aliphatic rings. The van der Waals surface area contributed by atoms with Crippen molar-refractivity contribution in [3.8, 4) is 5.75 Å². The quantitative estimate of drug-likeness (QED) is 0.527. The summed E-state index contributed by atoms with van der Waals surface area (Å²) in [4.78, 5) is 10.7. The van der Waals surface area contributed by atoms with Crippen molar-refractivity contribution < 1.29 is 23.1 Å². The van der Waals surface area contributed by atoms with E-state index in [-0.39, 0.29) is 18.0 Å². The van der Waals surface area contributed by atoms with Gasteiger partial charge in [0.15, 0.2) is 6.61 Å². The normalized spacial score (nSPS) is 12.8. The number of carbonyl (C=O) groups is 1. The number of hydrogen-bond donors (Lipinski definition) is 3. The SMILES string of the molecule is NC(=O)COc1ccc(S(=O)(=O)NC[C@@H](O)c2csc3ccccc23)cc1. The molecule has 0 saturated heterocycles. The van der Waals surface area contributed by atoms with E-state index in [1.54, 1.807) is 0 Å². The van der Waals surface area contributed by atoms with Gasteiger partial charge in [0, 0.05) is 16.8 Å². The Balaban J connectivity index is 1.66. The molecule has 7 nitrogen and oxygen atoms in total. The molecule has 0 aliphatic heterocycles. The first-order valence-corrected chi connectivity index (χ1v) is 10.4. The van der Waals surface area contributed by atoms with Crippen molar-refractivity contribution in [2.24, 2.45) is 5.73 Å². The lowest BCUT2D eigenvalue weighted by Gasteiger charge is -2.12. The fraction of sp³-hybridized carbons (Fsp3) is 0.167. The molecular formula is C18H18N2O5S2. The molecule has 0 radical (unpaired) electrons. The van der Waals surface area contributed by atoms with Crippen molar-refractivity contribution in [3.63, 3.8) is 0 Å². The Morgan fingerprint density at radius 1 is 1.19 bits per heavy atom. The van der Waals surface area contributed by atoms with Crippen LogP contribution in [0.25, 0.3) is 10.1 Å². The molecule has 1 aromatic heterocycles. The lowest BCUT2D eigenvalue weighted by atomic mass is 10.1. The molecule has 0 unspecified atom stereocenters. The number of aliphatic hydroxyl groups excluding tert-OH is 1. The predicted octanol–water partition coefficient (Wildman–Crippen LogP) is 1.78. The minimum Gasteiger partial charge on any atom is -0.484 e. The van der Waals surface area contributed by atoms with Gasteiger partial charge in [-0.3, -0.25) is 4.79 Å². The second-order valence-corrected chi connectivity index (χ2v) is 8.46. The van der Waals surface area contributed by atoms with Gasteiger partial charge >= 0.3 is 0 Å². The van der Waals surface area contributed by atoms with Crippen molar-refractivity contribution >= 4 is 37.4 Å². The summed E-state index contributed by atoms with van der Waals surface area (Å²) in [6, 6.07) is 13.2. The maximum Gasteiger partial charge on any atom is 0.255 e. The summed E-state index contributed by atoms with van der Waals surface area (Å²) >= 11 is 1.50. The van der Waals surface area contributed by atoms with E-state index in [2.05, 4.69) is 4.72 Å². The van der Waals surface area contributed by atoms with Gasteiger partial charge < -0.3 is 15.6 Å². The number of rotatable bonds is 8. The first-order chi connectivity index (χ1) is 12.9. The number of amides is 1. The van der Waals surface area contributed by atoms with Crippen molar-refractivity contribution in [1.29, 1.82) is 0 Å². The fourth-order valence-corrected chi connectivity index (χ4v) is 4.55. The monoisotopic (exact) mass is 406 g/mol. The zero-order valence-electron chi connectivity index (χ0n) is 14.2. The highest BCUT2D eigenvalue weighted by molar-refractivity contribution is 7.89. The van der Waals surface area contributed by atoms with Crippen LogP contribution in [0.4, 0.5) is 0 Å². The molecule has 1 atom stereocenters. The van der Waals surface area contributed by atoms with Gasteiger partial charge in [0.05, 0.1) is 11.0 Å². The lowest BCUT2D eigenvalue weighted by Crippen LogP contribution is -2.28. The Bertz CT molecular complexity index is 1050. The molecule has 0 aliphatic carbocycles. The number of nitrogens with one attached hydrogen (secondary N) is 1. The number of thiophene rings is 1. The highest BCUT2D eigenvalue weighted by Crippen LogP contribution is 2.30. The Hall–Kier alpha value is -2.46. The average molecular weight is 406 g/mol. The Morgan fingerprint density at radius 3 is 2.59 bits per heavy atom. The third kappa shape index (κ3) is 4.64. The van der Waals surface area contributed by atoms with Crippen LogP contribution in [0.1, 0.15) is 11.7 Å². The van der Waals surface area contributed by atoms with Crippen molar-refractivity contribution in [3.05, 3.63) is 59.5 Å². The van der Waals surface area contributed by atoms with Crippen LogP contribution in [0.15, 0.2) is 58.8 Å². The molecule has 27 heavy (non-hydrogen) atoms. The summed E-state index contributed by atoms with van der Waals surface area (Å²) in [5, 5.41) is 13.1. The van der Waals surface area contributed by atoms with Gasteiger partial charge in [0.25, 0.3) is 5.91 Å². The smallest absolute Gasteiger partial charge is 0.255 e. The number of carbonyl (C=O) groups excluding carboxylic acids is 1. The summed E-state index contributed by atoms with van der Waals surface area (Å²) in [5.41, 5.74) is 5.68. The highest BCUT2D eigenvalue weighted by atomic mass is 32.2. The first kappa shape index (κ1) is 19.3. The molecule has 3 rings (SSSR count). The Kier molecular flexibility index (Phi) is 5.76. The molecule has 4 N–H and O–H groups in total. The van der Waals surface area contributed by atoms with Crippen LogP contribution < -0.4 is 15.2 Å². The number of ether oxygens (including phenoxy) is 1. The van der Waals surface area contributed by atoms with E-state index >= 15 is 0 Å². The first-order valence-electron chi connectivity index (χ1n) is 8.02. The lowest BCUT2D eigenvalue weighted by molar-refractivity contribution is -0.119. The second-order valence-electron chi connectivity index (χ2n) is 5.78. The van der Waals surface area contributed by atoms with Crippen molar-refractivity contribution in [2.45, 2.75) is 11.0 Å². The van der Waals surface area contributed by atoms with E-state index in [9.17, 15) is 18.3 Å². The molecular weight excluding hydrogens is 388 g/mol. The summed E-state index contributed by atoms with van der Waals surface area (Å²) in [6.07, 6.45) is -0.964. The van der Waals surface area contributed by atoms with Crippen LogP contribution >= 0.6 is 11.3 Å². The van der Waals surface area contributed by atoms with Crippen LogP contribution in [0.3, 0.4) is 0 Å². The predicted molar refractivity (Wildman–Crippen MR) is 103 cm³/mol. The molecule has 3 aromatic rings. The topological polar surface area (TPSA) is 119 Å². The molecule has 9 heteroatoms. The zero-order valence-corrected chi connectivity index (χ0v) is 15.8. The number of fused-ring (bicyclic) bond motifs is 1. The number of aliphatic hydroxyl groups is 1. The minimum absolute atomic E-state index is 0.0244. The maximum atomic E-state index is 12.4. The third-order valence-corrected chi connectivity index (χ3v) is 6.27. The molecule has 0 fully saturated rings. The van der Waals surface area contributed by atoms with E-state index in [1.165, 1.54) is 35.6 Å². The molecule has 1 heterocycles. The third-order valence-electron chi connectivity index (χ3n) is 3.85. The molecule has 2 aromatic carbocycles. The fourth-order valence-electron chi connectivity index (χ4n) is 2.51. The van der Waals surface area contributed by atoms with Crippen LogP contribution in [-0.2, 0) is 14.8 Å². The van der Waals surface area contributed by atoms with Gasteiger partial charge in [-0.25, -0.2) is 13.1 Å². The van der Waals surface area contributed by atoms with Crippen molar-refractivity contribution in [2.75, 3.05) is 13.2 Å². The van der Waals surface area contributed by atoms with Crippen LogP contribution in [0.5, 0.6) is 5.75 Å². The van der Waals surface area contributed by atoms with Gasteiger partial charge in [0.2, 0.25) is 10.0 Å². The van der Waals surface area contributed by atoms with Gasteiger partial charge in [-0.1, -0.05) is 18.2 Å². The molecule has 0 saturated carbocycles. The number of hydrogen-bond acceptors (Lipinski definition) is 6.